The van der Waals surface area contributed by atoms with E-state index in [-0.39, 0.29) is 0 Å². The first-order valence-corrected chi connectivity index (χ1v) is 21.0. The van der Waals surface area contributed by atoms with Gasteiger partial charge in [0, 0.05) is 52.6 Å². The van der Waals surface area contributed by atoms with Crippen molar-refractivity contribution in [3.63, 3.8) is 0 Å². The van der Waals surface area contributed by atoms with Crippen molar-refractivity contribution in [1.29, 1.82) is 0 Å². The molecule has 0 unspecified atom stereocenters. The maximum absolute atomic E-state index is 2.45. The van der Waals surface area contributed by atoms with Crippen molar-refractivity contribution in [2.75, 3.05) is 4.90 Å². The average Bonchev–Trinajstić information content (AvgIpc) is 3.87. The van der Waals surface area contributed by atoms with Gasteiger partial charge < -0.3 is 4.90 Å². The highest BCUT2D eigenvalue weighted by Gasteiger charge is 2.21. The lowest BCUT2D eigenvalue weighted by molar-refractivity contribution is 1.30. The second kappa shape index (κ2) is 14.1. The van der Waals surface area contributed by atoms with Crippen LogP contribution in [0.5, 0.6) is 0 Å². The Morgan fingerprint density at radius 1 is 0.281 bits per heavy atom. The fourth-order valence-electron chi connectivity index (χ4n) is 8.35. The number of fused-ring (bicyclic) bond motifs is 6. The first-order valence-electron chi connectivity index (χ1n) is 19.3. The molecule has 0 amide bonds. The largest absolute Gasteiger partial charge is 0.309 e. The minimum absolute atomic E-state index is 1.11. The average molecular weight is 762 g/mol. The van der Waals surface area contributed by atoms with Gasteiger partial charge in [-0.1, -0.05) is 170 Å². The van der Waals surface area contributed by atoms with Crippen LogP contribution in [0, 0.1) is 0 Å². The van der Waals surface area contributed by atoms with Crippen LogP contribution in [0.15, 0.2) is 212 Å². The minimum atomic E-state index is 1.11. The quantitative estimate of drug-likeness (QED) is 0.156. The number of hydrogen-bond acceptors (Lipinski definition) is 3. The maximum Gasteiger partial charge on any atom is 0.0640 e. The molecule has 0 radical (unpaired) electrons. The monoisotopic (exact) mass is 761 g/mol. The van der Waals surface area contributed by atoms with Crippen LogP contribution in [0.3, 0.4) is 0 Å². The molecule has 57 heavy (non-hydrogen) atoms. The predicted molar refractivity (Wildman–Crippen MR) is 249 cm³/mol. The Labute approximate surface area is 340 Å². The minimum Gasteiger partial charge on any atom is -0.309 e. The highest BCUT2D eigenvalue weighted by molar-refractivity contribution is 7.26. The summed E-state index contributed by atoms with van der Waals surface area (Å²) in [5.41, 5.74) is 13.1. The summed E-state index contributed by atoms with van der Waals surface area (Å²) in [6.45, 7) is 0. The molecule has 268 valence electrons. The van der Waals surface area contributed by atoms with Crippen LogP contribution in [0.1, 0.15) is 0 Å². The molecule has 1 nitrogen and oxygen atoms in total. The molecule has 0 fully saturated rings. The molecule has 0 spiro atoms. The van der Waals surface area contributed by atoms with Crippen LogP contribution < -0.4 is 4.90 Å². The zero-order valence-electron chi connectivity index (χ0n) is 31.0. The second-order valence-corrected chi connectivity index (χ2v) is 16.6. The number of nitrogens with zero attached hydrogens (tertiary/aromatic N) is 1. The maximum atomic E-state index is 2.45. The fraction of sp³-hybridized carbons (Fsp3) is 0. The third-order valence-electron chi connectivity index (χ3n) is 11.1. The van der Waals surface area contributed by atoms with Crippen molar-refractivity contribution in [3.05, 3.63) is 212 Å². The van der Waals surface area contributed by atoms with Gasteiger partial charge in [0.15, 0.2) is 0 Å². The van der Waals surface area contributed by atoms with E-state index in [2.05, 4.69) is 217 Å². The Kier molecular flexibility index (Phi) is 8.28. The molecule has 0 N–H and O–H groups in total. The number of benzene rings is 9. The Morgan fingerprint density at radius 3 is 1.40 bits per heavy atom. The summed E-state index contributed by atoms with van der Waals surface area (Å²) in [5, 5.41) is 5.20. The van der Waals surface area contributed by atoms with Gasteiger partial charge in [0.1, 0.15) is 0 Å². The lowest BCUT2D eigenvalue weighted by Crippen LogP contribution is -2.10. The molecule has 2 aromatic heterocycles. The molecule has 2 heterocycles. The first kappa shape index (κ1) is 33.5. The Bertz CT molecular complexity index is 3210. The van der Waals surface area contributed by atoms with Crippen molar-refractivity contribution < 1.29 is 0 Å². The number of rotatable bonds is 7. The van der Waals surface area contributed by atoms with E-state index in [0.717, 1.165) is 11.4 Å². The van der Waals surface area contributed by atoms with E-state index in [1.165, 1.54) is 90.5 Å². The van der Waals surface area contributed by atoms with Gasteiger partial charge in [-0.2, -0.15) is 0 Å². The smallest absolute Gasteiger partial charge is 0.0640 e. The Hall–Kier alpha value is -6.78. The van der Waals surface area contributed by atoms with Crippen LogP contribution in [-0.2, 0) is 0 Å². The normalized spacial score (nSPS) is 11.5. The molecule has 0 bridgehead atoms. The molecule has 9 aromatic carbocycles. The van der Waals surface area contributed by atoms with Gasteiger partial charge in [-0.3, -0.25) is 0 Å². The lowest BCUT2D eigenvalue weighted by atomic mass is 9.92. The Morgan fingerprint density at radius 2 is 0.754 bits per heavy atom. The topological polar surface area (TPSA) is 3.24 Å². The fourth-order valence-corrected chi connectivity index (χ4v) is 10.8. The molecule has 3 heteroatoms. The molecular weight excluding hydrogens is 727 g/mol. The van der Waals surface area contributed by atoms with Gasteiger partial charge in [-0.25, -0.2) is 0 Å². The highest BCUT2D eigenvalue weighted by Crippen LogP contribution is 2.48. The highest BCUT2D eigenvalue weighted by atomic mass is 32.1. The molecule has 0 aliphatic carbocycles. The lowest BCUT2D eigenvalue weighted by Gasteiger charge is -2.27. The first-order chi connectivity index (χ1) is 28.3. The summed E-state index contributed by atoms with van der Waals surface area (Å²) in [7, 11) is 0. The molecule has 0 saturated heterocycles. The van der Waals surface area contributed by atoms with E-state index in [1.54, 1.807) is 0 Å². The molecular formula is C54H35NS2. The van der Waals surface area contributed by atoms with Crippen LogP contribution in [-0.4, -0.2) is 0 Å². The Balaban J connectivity index is 1.09. The molecule has 0 saturated carbocycles. The molecule has 0 atom stereocenters. The van der Waals surface area contributed by atoms with Crippen LogP contribution in [0.25, 0.3) is 84.9 Å². The number of anilines is 3. The van der Waals surface area contributed by atoms with E-state index in [4.69, 9.17) is 0 Å². The van der Waals surface area contributed by atoms with Gasteiger partial charge in [0.2, 0.25) is 0 Å². The van der Waals surface area contributed by atoms with E-state index in [9.17, 15) is 0 Å². The van der Waals surface area contributed by atoms with Gasteiger partial charge in [-0.05, 0) is 81.4 Å². The van der Waals surface area contributed by atoms with Gasteiger partial charge in [0.05, 0.1) is 10.4 Å². The summed E-state index contributed by atoms with van der Waals surface area (Å²) in [6, 6.07) is 77.6. The standard InChI is InChI=1S/C54H35NS2/c1-3-13-36(14-4-1)37-25-27-38(28-26-37)39-29-31-41(32-30-39)55(50-22-12-21-48-45-18-8-10-24-52(45)57-54(48)50)42-33-34-43(49(35-42)40-15-5-2-6-16-40)46-19-11-20-47-44-17-7-9-23-51(44)56-53(46)47/h1-35H. The second-order valence-electron chi connectivity index (χ2n) is 14.5. The van der Waals surface area contributed by atoms with Crippen LogP contribution >= 0.6 is 22.7 Å². The third kappa shape index (κ3) is 5.91. The van der Waals surface area contributed by atoms with Crippen molar-refractivity contribution in [1.82, 2.24) is 0 Å². The summed E-state index contributed by atoms with van der Waals surface area (Å²) < 4.78 is 5.21. The van der Waals surface area contributed by atoms with E-state index in [0.29, 0.717) is 0 Å². The van der Waals surface area contributed by atoms with Crippen molar-refractivity contribution in [3.8, 4) is 44.5 Å². The summed E-state index contributed by atoms with van der Waals surface area (Å²) in [6.07, 6.45) is 0. The number of thiophene rings is 2. The van der Waals surface area contributed by atoms with E-state index in [1.807, 2.05) is 22.7 Å². The van der Waals surface area contributed by atoms with Gasteiger partial charge >= 0.3 is 0 Å². The molecule has 0 aliphatic heterocycles. The third-order valence-corrected chi connectivity index (χ3v) is 13.5. The van der Waals surface area contributed by atoms with E-state index < -0.39 is 0 Å². The van der Waals surface area contributed by atoms with Crippen LogP contribution in [0.4, 0.5) is 17.1 Å². The summed E-state index contributed by atoms with van der Waals surface area (Å²) >= 11 is 3.75. The van der Waals surface area contributed by atoms with E-state index >= 15 is 0 Å². The van der Waals surface area contributed by atoms with Gasteiger partial charge in [0.25, 0.3) is 0 Å². The zero-order chi connectivity index (χ0) is 37.7. The number of hydrogen-bond donors (Lipinski definition) is 0. The van der Waals surface area contributed by atoms with Crippen molar-refractivity contribution >= 4 is 80.1 Å². The van der Waals surface area contributed by atoms with Crippen LogP contribution in [0.2, 0.25) is 0 Å². The predicted octanol–water partition coefficient (Wildman–Crippen LogP) is 16.6. The summed E-state index contributed by atoms with van der Waals surface area (Å²) in [5.74, 6) is 0. The SMILES string of the molecule is c1ccc(-c2ccc(-c3ccc(N(c4ccc(-c5cccc6c5sc5ccccc56)c(-c5ccccc5)c4)c4cccc5c4sc4ccccc45)cc3)cc2)cc1. The van der Waals surface area contributed by atoms with Crippen molar-refractivity contribution in [2.45, 2.75) is 0 Å². The van der Waals surface area contributed by atoms with Crippen molar-refractivity contribution in [2.24, 2.45) is 0 Å². The molecule has 11 rings (SSSR count). The molecule has 0 aliphatic rings. The zero-order valence-corrected chi connectivity index (χ0v) is 32.6. The molecule has 11 aromatic rings. The summed E-state index contributed by atoms with van der Waals surface area (Å²) in [4.78, 5) is 2.45. The van der Waals surface area contributed by atoms with Gasteiger partial charge in [-0.15, -0.1) is 22.7 Å².